The molecule has 0 aliphatic carbocycles. The maximum atomic E-state index is 14.8. The van der Waals surface area contributed by atoms with Crippen LogP contribution in [0.25, 0.3) is 11.3 Å². The number of hydrogen-bond donors (Lipinski definition) is 1. The number of aromatic nitrogens is 2. The number of benzene rings is 3. The van der Waals surface area contributed by atoms with E-state index in [-0.39, 0.29) is 23.4 Å². The van der Waals surface area contributed by atoms with Crippen molar-refractivity contribution in [1.82, 2.24) is 14.9 Å². The molecule has 1 N–H and O–H groups in total. The van der Waals surface area contributed by atoms with Gasteiger partial charge in [-0.05, 0) is 35.4 Å². The van der Waals surface area contributed by atoms with Crippen LogP contribution in [-0.4, -0.2) is 46.5 Å². The molecule has 1 heterocycles. The van der Waals surface area contributed by atoms with Crippen molar-refractivity contribution in [1.29, 1.82) is 0 Å². The van der Waals surface area contributed by atoms with Crippen LogP contribution in [0.15, 0.2) is 85.1 Å². The highest BCUT2D eigenvalue weighted by molar-refractivity contribution is 6.30. The second-order valence-corrected chi connectivity index (χ2v) is 8.94. The lowest BCUT2D eigenvalue weighted by Gasteiger charge is -2.23. The number of halogens is 2. The highest BCUT2D eigenvalue weighted by Gasteiger charge is 2.24. The van der Waals surface area contributed by atoms with Crippen molar-refractivity contribution in [3.8, 4) is 11.3 Å². The van der Waals surface area contributed by atoms with E-state index in [9.17, 15) is 14.3 Å². The SMILES string of the molecule is CN(CC(O)c1ccc(Cl)cc1)C(=O)c1cnc(N(C)Cc2ccccc2)nc1-c1ccccc1F. The predicted molar refractivity (Wildman–Crippen MR) is 139 cm³/mol. The van der Waals surface area contributed by atoms with Gasteiger partial charge in [0, 0.05) is 37.4 Å². The third-order valence-electron chi connectivity index (χ3n) is 5.79. The summed E-state index contributed by atoms with van der Waals surface area (Å²) in [4.78, 5) is 25.6. The molecule has 36 heavy (non-hydrogen) atoms. The van der Waals surface area contributed by atoms with Crippen LogP contribution in [0, 0.1) is 5.82 Å². The Bertz CT molecular complexity index is 1340. The first-order chi connectivity index (χ1) is 17.3. The van der Waals surface area contributed by atoms with Gasteiger partial charge in [0.1, 0.15) is 5.82 Å². The lowest BCUT2D eigenvalue weighted by molar-refractivity contribution is 0.0681. The minimum absolute atomic E-state index is 0.0207. The fraction of sp³-hybridized carbons (Fsp3) is 0.179. The molecule has 1 atom stereocenters. The average Bonchev–Trinajstić information content (AvgIpc) is 2.89. The second kappa shape index (κ2) is 11.3. The molecule has 0 radical (unpaired) electrons. The minimum atomic E-state index is -0.926. The van der Waals surface area contributed by atoms with E-state index in [4.69, 9.17) is 11.6 Å². The van der Waals surface area contributed by atoms with Crippen LogP contribution in [0.5, 0.6) is 0 Å². The van der Waals surface area contributed by atoms with Crippen LogP contribution < -0.4 is 4.90 Å². The van der Waals surface area contributed by atoms with Gasteiger partial charge in [-0.15, -0.1) is 0 Å². The summed E-state index contributed by atoms with van der Waals surface area (Å²) < 4.78 is 14.8. The van der Waals surface area contributed by atoms with Crippen LogP contribution in [0.2, 0.25) is 5.02 Å². The first-order valence-corrected chi connectivity index (χ1v) is 11.8. The summed E-state index contributed by atoms with van der Waals surface area (Å²) in [6.07, 6.45) is 0.490. The Labute approximate surface area is 214 Å². The van der Waals surface area contributed by atoms with Gasteiger partial charge >= 0.3 is 0 Å². The van der Waals surface area contributed by atoms with Crippen LogP contribution >= 0.6 is 11.6 Å². The zero-order chi connectivity index (χ0) is 25.7. The van der Waals surface area contributed by atoms with E-state index < -0.39 is 17.8 Å². The fourth-order valence-corrected chi connectivity index (χ4v) is 3.96. The van der Waals surface area contributed by atoms with Crippen molar-refractivity contribution >= 4 is 23.5 Å². The molecule has 0 bridgehead atoms. The molecular formula is C28H26ClFN4O2. The molecule has 6 nitrogen and oxygen atoms in total. The third-order valence-corrected chi connectivity index (χ3v) is 6.04. The molecule has 0 aliphatic rings. The molecule has 4 rings (SSSR count). The summed E-state index contributed by atoms with van der Waals surface area (Å²) in [5, 5.41) is 11.2. The molecular weight excluding hydrogens is 479 g/mol. The topological polar surface area (TPSA) is 69.6 Å². The molecule has 8 heteroatoms. The van der Waals surface area contributed by atoms with E-state index >= 15 is 0 Å². The molecule has 3 aromatic carbocycles. The number of hydrogen-bond acceptors (Lipinski definition) is 5. The van der Waals surface area contributed by atoms with Crippen LogP contribution in [-0.2, 0) is 6.54 Å². The summed E-state index contributed by atoms with van der Waals surface area (Å²) in [6.45, 7) is 0.560. The Morgan fingerprint density at radius 2 is 1.67 bits per heavy atom. The van der Waals surface area contributed by atoms with Gasteiger partial charge in [0.2, 0.25) is 5.95 Å². The first-order valence-electron chi connectivity index (χ1n) is 11.4. The van der Waals surface area contributed by atoms with Crippen LogP contribution in [0.1, 0.15) is 27.6 Å². The summed E-state index contributed by atoms with van der Waals surface area (Å²) in [5.41, 5.74) is 2.22. The fourth-order valence-electron chi connectivity index (χ4n) is 3.84. The van der Waals surface area contributed by atoms with Crippen LogP contribution in [0.3, 0.4) is 0 Å². The minimum Gasteiger partial charge on any atom is -0.387 e. The van der Waals surface area contributed by atoms with E-state index in [1.165, 1.54) is 17.2 Å². The highest BCUT2D eigenvalue weighted by atomic mass is 35.5. The highest BCUT2D eigenvalue weighted by Crippen LogP contribution is 2.27. The molecule has 0 saturated carbocycles. The molecule has 4 aromatic rings. The van der Waals surface area contributed by atoms with Gasteiger partial charge in [-0.1, -0.05) is 66.2 Å². The van der Waals surface area contributed by atoms with Crippen LogP contribution in [0.4, 0.5) is 10.3 Å². The van der Waals surface area contributed by atoms with Gasteiger partial charge in [0.15, 0.2) is 0 Å². The smallest absolute Gasteiger partial charge is 0.257 e. The maximum absolute atomic E-state index is 14.8. The molecule has 1 unspecified atom stereocenters. The van der Waals surface area contributed by atoms with Gasteiger partial charge in [0.25, 0.3) is 5.91 Å². The molecule has 1 amide bonds. The van der Waals surface area contributed by atoms with E-state index in [1.54, 1.807) is 49.5 Å². The summed E-state index contributed by atoms with van der Waals surface area (Å²) in [7, 11) is 3.41. The summed E-state index contributed by atoms with van der Waals surface area (Å²) in [6, 6.07) is 22.8. The van der Waals surface area contributed by atoms with Crippen molar-refractivity contribution in [2.24, 2.45) is 0 Å². The van der Waals surface area contributed by atoms with E-state index in [1.807, 2.05) is 42.3 Å². The van der Waals surface area contributed by atoms with E-state index in [2.05, 4.69) is 9.97 Å². The summed E-state index contributed by atoms with van der Waals surface area (Å²) in [5.74, 6) is -0.568. The number of aliphatic hydroxyl groups excluding tert-OH is 1. The summed E-state index contributed by atoms with van der Waals surface area (Å²) >= 11 is 5.93. The Morgan fingerprint density at radius 3 is 2.36 bits per heavy atom. The average molecular weight is 505 g/mol. The first kappa shape index (κ1) is 25.3. The van der Waals surface area contributed by atoms with Gasteiger partial charge in [-0.2, -0.15) is 0 Å². The van der Waals surface area contributed by atoms with Crippen molar-refractivity contribution in [3.63, 3.8) is 0 Å². The zero-order valence-electron chi connectivity index (χ0n) is 20.0. The maximum Gasteiger partial charge on any atom is 0.257 e. The van der Waals surface area contributed by atoms with Crippen molar-refractivity contribution in [2.75, 3.05) is 25.5 Å². The standard InChI is InChI=1S/C28H26ClFN4O2/c1-33(18-25(35)20-12-14-21(29)15-13-20)27(36)23-16-31-28(34(2)17-19-8-4-3-5-9-19)32-26(23)22-10-6-7-11-24(22)30/h3-16,25,35H,17-18H2,1-2H3. The van der Waals surface area contributed by atoms with E-state index in [0.29, 0.717) is 23.1 Å². The molecule has 0 fully saturated rings. The van der Waals surface area contributed by atoms with Gasteiger partial charge < -0.3 is 14.9 Å². The number of carbonyl (C=O) groups is 1. The van der Waals surface area contributed by atoms with Gasteiger partial charge in [-0.3, -0.25) is 4.79 Å². The lowest BCUT2D eigenvalue weighted by Crippen LogP contribution is -2.32. The number of carbonyl (C=O) groups excluding carboxylic acids is 1. The van der Waals surface area contributed by atoms with E-state index in [0.717, 1.165) is 5.56 Å². The quantitative estimate of drug-likeness (QED) is 0.349. The number of amides is 1. The van der Waals surface area contributed by atoms with Crippen molar-refractivity contribution in [3.05, 3.63) is 113 Å². The monoisotopic (exact) mass is 504 g/mol. The number of rotatable bonds is 8. The number of anilines is 1. The lowest BCUT2D eigenvalue weighted by atomic mass is 10.0. The Kier molecular flexibility index (Phi) is 7.93. The molecule has 184 valence electrons. The molecule has 1 aromatic heterocycles. The number of nitrogens with zero attached hydrogens (tertiary/aromatic N) is 4. The zero-order valence-corrected chi connectivity index (χ0v) is 20.7. The predicted octanol–water partition coefficient (Wildman–Crippen LogP) is 5.38. The second-order valence-electron chi connectivity index (χ2n) is 8.51. The molecule has 0 spiro atoms. The number of likely N-dealkylation sites (N-methyl/N-ethyl adjacent to an activating group) is 1. The molecule has 0 saturated heterocycles. The normalized spacial score (nSPS) is 11.7. The third kappa shape index (κ3) is 5.87. The Hall–Kier alpha value is -3.81. The number of aliphatic hydroxyl groups is 1. The Morgan fingerprint density at radius 1 is 1.00 bits per heavy atom. The van der Waals surface area contributed by atoms with Gasteiger partial charge in [0.05, 0.1) is 23.9 Å². The van der Waals surface area contributed by atoms with Crippen molar-refractivity contribution < 1.29 is 14.3 Å². The largest absolute Gasteiger partial charge is 0.387 e. The van der Waals surface area contributed by atoms with Gasteiger partial charge in [-0.25, -0.2) is 14.4 Å². The Balaban J connectivity index is 1.64. The van der Waals surface area contributed by atoms with Crippen molar-refractivity contribution in [2.45, 2.75) is 12.6 Å². The molecule has 0 aliphatic heterocycles.